The van der Waals surface area contributed by atoms with Crippen LogP contribution in [0, 0.1) is 0 Å². The second-order valence-corrected chi connectivity index (χ2v) is 5.03. The Morgan fingerprint density at radius 3 is 2.38 bits per heavy atom. The van der Waals surface area contributed by atoms with E-state index in [0.717, 1.165) is 18.6 Å². The molecule has 0 radical (unpaired) electrons. The summed E-state index contributed by atoms with van der Waals surface area (Å²) >= 11 is 0. The Labute approximate surface area is 124 Å². The number of hydrogen-bond acceptors (Lipinski definition) is 4. The average Bonchev–Trinajstić information content (AvgIpc) is 2.50. The summed E-state index contributed by atoms with van der Waals surface area (Å²) < 4.78 is 16.9. The zero-order chi connectivity index (χ0) is 14.7. The van der Waals surface area contributed by atoms with Crippen LogP contribution < -0.4 is 19.9 Å². The van der Waals surface area contributed by atoms with E-state index in [0.29, 0.717) is 36.1 Å². The van der Waals surface area contributed by atoms with Gasteiger partial charge in [0.25, 0.3) is 0 Å². The molecule has 0 spiro atoms. The molecular formula is C17H19NO3. The fourth-order valence-electron chi connectivity index (χ4n) is 2.31. The van der Waals surface area contributed by atoms with Crippen molar-refractivity contribution in [2.24, 2.45) is 0 Å². The molecule has 0 unspecified atom stereocenters. The van der Waals surface area contributed by atoms with Gasteiger partial charge >= 0.3 is 0 Å². The second kappa shape index (κ2) is 5.95. The molecule has 2 N–H and O–H groups in total. The predicted octanol–water partition coefficient (Wildman–Crippen LogP) is 3.78. The summed E-state index contributed by atoms with van der Waals surface area (Å²) in [6.45, 7) is 3.26. The van der Waals surface area contributed by atoms with Crippen LogP contribution in [0.5, 0.6) is 23.0 Å². The number of fused-ring (bicyclic) bond motifs is 1. The molecule has 0 fully saturated rings. The molecule has 1 aliphatic heterocycles. The zero-order valence-corrected chi connectivity index (χ0v) is 12.1. The molecule has 4 heteroatoms. The van der Waals surface area contributed by atoms with Gasteiger partial charge in [0.1, 0.15) is 19.0 Å². The minimum atomic E-state index is 0.539. The third kappa shape index (κ3) is 3.05. The van der Waals surface area contributed by atoms with Gasteiger partial charge in [-0.15, -0.1) is 0 Å². The largest absolute Gasteiger partial charge is 0.486 e. The van der Waals surface area contributed by atoms with Crippen LogP contribution in [0.3, 0.4) is 0 Å². The van der Waals surface area contributed by atoms with Crippen molar-refractivity contribution in [1.29, 1.82) is 0 Å². The zero-order valence-electron chi connectivity index (χ0n) is 12.1. The molecule has 2 aromatic carbocycles. The number of benzene rings is 2. The van der Waals surface area contributed by atoms with Gasteiger partial charge in [0.2, 0.25) is 0 Å². The maximum Gasteiger partial charge on any atom is 0.165 e. The number of nitrogen functional groups attached to an aromatic ring is 1. The molecule has 1 heterocycles. The molecule has 0 aromatic heterocycles. The van der Waals surface area contributed by atoms with E-state index in [4.69, 9.17) is 19.9 Å². The van der Waals surface area contributed by atoms with Gasteiger partial charge in [0.05, 0.1) is 5.69 Å². The number of nitrogens with two attached hydrogens (primary N) is 1. The van der Waals surface area contributed by atoms with Crippen molar-refractivity contribution in [1.82, 2.24) is 0 Å². The third-order valence-corrected chi connectivity index (χ3v) is 3.36. The van der Waals surface area contributed by atoms with E-state index in [-0.39, 0.29) is 0 Å². The molecular weight excluding hydrogens is 266 g/mol. The quantitative estimate of drug-likeness (QED) is 0.868. The van der Waals surface area contributed by atoms with Gasteiger partial charge in [0.15, 0.2) is 17.2 Å². The first-order valence-electron chi connectivity index (χ1n) is 7.22. The van der Waals surface area contributed by atoms with Gasteiger partial charge < -0.3 is 19.9 Å². The van der Waals surface area contributed by atoms with Crippen molar-refractivity contribution in [3.8, 4) is 23.0 Å². The van der Waals surface area contributed by atoms with Crippen LogP contribution >= 0.6 is 0 Å². The van der Waals surface area contributed by atoms with Crippen molar-refractivity contribution in [3.63, 3.8) is 0 Å². The second-order valence-electron chi connectivity index (χ2n) is 5.03. The standard InChI is InChI=1S/C17H19NO3/c1-2-3-12-4-6-13(7-5-12)21-15-11-17-16(10-14(15)18)19-8-9-20-17/h4-7,10-11H,2-3,8-9,18H2,1H3. The summed E-state index contributed by atoms with van der Waals surface area (Å²) in [7, 11) is 0. The molecule has 3 rings (SSSR count). The number of anilines is 1. The topological polar surface area (TPSA) is 53.7 Å². The fraction of sp³-hybridized carbons (Fsp3) is 0.294. The average molecular weight is 285 g/mol. The van der Waals surface area contributed by atoms with Crippen molar-refractivity contribution in [3.05, 3.63) is 42.0 Å². The highest BCUT2D eigenvalue weighted by atomic mass is 16.6. The highest BCUT2D eigenvalue weighted by Crippen LogP contribution is 2.39. The van der Waals surface area contributed by atoms with E-state index in [2.05, 4.69) is 19.1 Å². The Morgan fingerprint density at radius 1 is 1.05 bits per heavy atom. The molecule has 0 bridgehead atoms. The summed E-state index contributed by atoms with van der Waals surface area (Å²) in [6.07, 6.45) is 2.21. The molecule has 0 amide bonds. The third-order valence-electron chi connectivity index (χ3n) is 3.36. The van der Waals surface area contributed by atoms with E-state index in [1.165, 1.54) is 5.56 Å². The Hall–Kier alpha value is -2.36. The summed E-state index contributed by atoms with van der Waals surface area (Å²) in [5, 5.41) is 0. The minimum absolute atomic E-state index is 0.539. The molecule has 4 nitrogen and oxygen atoms in total. The summed E-state index contributed by atoms with van der Waals surface area (Å²) in [5.74, 6) is 2.69. The Kier molecular flexibility index (Phi) is 3.86. The summed E-state index contributed by atoms with van der Waals surface area (Å²) in [6, 6.07) is 11.6. The van der Waals surface area contributed by atoms with Gasteiger partial charge in [-0.3, -0.25) is 0 Å². The Balaban J connectivity index is 1.80. The van der Waals surface area contributed by atoms with E-state index < -0.39 is 0 Å². The van der Waals surface area contributed by atoms with E-state index in [1.807, 2.05) is 12.1 Å². The first kappa shape index (κ1) is 13.6. The monoisotopic (exact) mass is 285 g/mol. The predicted molar refractivity (Wildman–Crippen MR) is 82.4 cm³/mol. The first-order chi connectivity index (χ1) is 10.3. The molecule has 110 valence electrons. The lowest BCUT2D eigenvalue weighted by atomic mass is 10.1. The van der Waals surface area contributed by atoms with Crippen molar-refractivity contribution >= 4 is 5.69 Å². The maximum absolute atomic E-state index is 6.01. The number of hydrogen-bond donors (Lipinski definition) is 1. The molecule has 1 aliphatic rings. The SMILES string of the molecule is CCCc1ccc(Oc2cc3c(cc2N)OCCO3)cc1. The Morgan fingerprint density at radius 2 is 1.71 bits per heavy atom. The molecule has 0 saturated heterocycles. The number of aryl methyl sites for hydroxylation is 1. The lowest BCUT2D eigenvalue weighted by molar-refractivity contribution is 0.171. The van der Waals surface area contributed by atoms with E-state index >= 15 is 0 Å². The van der Waals surface area contributed by atoms with Gasteiger partial charge in [-0.05, 0) is 24.1 Å². The molecule has 0 aliphatic carbocycles. The minimum Gasteiger partial charge on any atom is -0.486 e. The van der Waals surface area contributed by atoms with Gasteiger partial charge in [-0.2, -0.15) is 0 Å². The molecule has 0 atom stereocenters. The van der Waals surface area contributed by atoms with Crippen LogP contribution in [-0.4, -0.2) is 13.2 Å². The number of rotatable bonds is 4. The van der Waals surface area contributed by atoms with Crippen molar-refractivity contribution < 1.29 is 14.2 Å². The normalized spacial score (nSPS) is 13.0. The molecule has 0 saturated carbocycles. The number of ether oxygens (including phenoxy) is 3. The van der Waals surface area contributed by atoms with Crippen LogP contribution in [0.2, 0.25) is 0 Å². The molecule has 2 aromatic rings. The van der Waals surface area contributed by atoms with Gasteiger partial charge in [-0.1, -0.05) is 25.5 Å². The van der Waals surface area contributed by atoms with Crippen LogP contribution in [0.1, 0.15) is 18.9 Å². The summed E-state index contributed by atoms with van der Waals surface area (Å²) in [5.41, 5.74) is 7.85. The summed E-state index contributed by atoms with van der Waals surface area (Å²) in [4.78, 5) is 0. The lowest BCUT2D eigenvalue weighted by Crippen LogP contribution is -2.15. The lowest BCUT2D eigenvalue weighted by Gasteiger charge is -2.20. The van der Waals surface area contributed by atoms with Gasteiger partial charge in [-0.25, -0.2) is 0 Å². The van der Waals surface area contributed by atoms with Crippen molar-refractivity contribution in [2.75, 3.05) is 18.9 Å². The van der Waals surface area contributed by atoms with Crippen molar-refractivity contribution in [2.45, 2.75) is 19.8 Å². The van der Waals surface area contributed by atoms with Crippen LogP contribution in [0.4, 0.5) is 5.69 Å². The van der Waals surface area contributed by atoms with Crippen LogP contribution in [0.15, 0.2) is 36.4 Å². The first-order valence-corrected chi connectivity index (χ1v) is 7.22. The van der Waals surface area contributed by atoms with Crippen LogP contribution in [0.25, 0.3) is 0 Å². The fourth-order valence-corrected chi connectivity index (χ4v) is 2.31. The van der Waals surface area contributed by atoms with Gasteiger partial charge in [0, 0.05) is 12.1 Å². The van der Waals surface area contributed by atoms with E-state index in [9.17, 15) is 0 Å². The highest BCUT2D eigenvalue weighted by Gasteiger charge is 2.15. The molecule has 21 heavy (non-hydrogen) atoms. The smallest absolute Gasteiger partial charge is 0.165 e. The highest BCUT2D eigenvalue weighted by molar-refractivity contribution is 5.63. The maximum atomic E-state index is 6.01. The van der Waals surface area contributed by atoms with E-state index in [1.54, 1.807) is 12.1 Å². The Bertz CT molecular complexity index is 623. The van der Waals surface area contributed by atoms with Crippen LogP contribution in [-0.2, 0) is 6.42 Å².